The number of benzene rings is 1. The largest absolute Gasteiger partial charge is 0.399 e. The second-order valence-corrected chi connectivity index (χ2v) is 3.70. The number of hydrogen-bond donors (Lipinski definition) is 1. The highest BCUT2D eigenvalue weighted by molar-refractivity contribution is 6.05. The number of rotatable bonds is 2. The van der Waals surface area contributed by atoms with Crippen molar-refractivity contribution in [3.63, 3.8) is 0 Å². The fourth-order valence-electron chi connectivity index (χ4n) is 1.50. The van der Waals surface area contributed by atoms with Crippen LogP contribution in [0.5, 0.6) is 0 Å². The Hall–Kier alpha value is -2.36. The summed E-state index contributed by atoms with van der Waals surface area (Å²) in [5, 5.41) is 0. The fourth-order valence-corrected chi connectivity index (χ4v) is 1.50. The number of carbonyl (C=O) groups excluding carboxylic acids is 1. The molecule has 0 unspecified atom stereocenters. The SMILES string of the molecule is CN(C(=O)c1cccnc1)c1ccc(N)cc1. The average molecular weight is 227 g/mol. The maximum atomic E-state index is 12.1. The third-order valence-electron chi connectivity index (χ3n) is 2.49. The molecular formula is C13H13N3O. The van der Waals surface area contributed by atoms with Crippen LogP contribution < -0.4 is 10.6 Å². The molecule has 0 bridgehead atoms. The summed E-state index contributed by atoms with van der Waals surface area (Å²) in [6, 6.07) is 10.6. The fraction of sp³-hybridized carbons (Fsp3) is 0.0769. The van der Waals surface area contributed by atoms with Gasteiger partial charge in [0.1, 0.15) is 0 Å². The lowest BCUT2D eigenvalue weighted by Gasteiger charge is -2.17. The molecule has 2 rings (SSSR count). The van der Waals surface area contributed by atoms with E-state index in [9.17, 15) is 4.79 Å². The molecule has 0 aliphatic heterocycles. The number of nitrogens with zero attached hydrogens (tertiary/aromatic N) is 2. The van der Waals surface area contributed by atoms with E-state index < -0.39 is 0 Å². The van der Waals surface area contributed by atoms with E-state index in [4.69, 9.17) is 5.73 Å². The first kappa shape index (κ1) is 11.1. The highest BCUT2D eigenvalue weighted by Crippen LogP contribution is 2.16. The summed E-state index contributed by atoms with van der Waals surface area (Å²) >= 11 is 0. The number of nitrogens with two attached hydrogens (primary N) is 1. The molecule has 2 aromatic rings. The van der Waals surface area contributed by atoms with Gasteiger partial charge in [-0.1, -0.05) is 0 Å². The summed E-state index contributed by atoms with van der Waals surface area (Å²) in [5.74, 6) is -0.0946. The van der Waals surface area contributed by atoms with Gasteiger partial charge in [-0.3, -0.25) is 9.78 Å². The van der Waals surface area contributed by atoms with E-state index in [1.807, 2.05) is 12.1 Å². The molecule has 0 aliphatic carbocycles. The molecule has 4 heteroatoms. The molecule has 1 aromatic carbocycles. The van der Waals surface area contributed by atoms with Crippen LogP contribution in [-0.4, -0.2) is 17.9 Å². The van der Waals surface area contributed by atoms with E-state index in [1.54, 1.807) is 48.6 Å². The third kappa shape index (κ3) is 2.42. The van der Waals surface area contributed by atoms with Crippen LogP contribution in [0.4, 0.5) is 11.4 Å². The van der Waals surface area contributed by atoms with Gasteiger partial charge < -0.3 is 10.6 Å². The first-order valence-corrected chi connectivity index (χ1v) is 5.22. The quantitative estimate of drug-likeness (QED) is 0.797. The minimum Gasteiger partial charge on any atom is -0.399 e. The van der Waals surface area contributed by atoms with Crippen molar-refractivity contribution in [2.75, 3.05) is 17.7 Å². The van der Waals surface area contributed by atoms with Crippen molar-refractivity contribution in [2.24, 2.45) is 0 Å². The van der Waals surface area contributed by atoms with Gasteiger partial charge in [0.05, 0.1) is 5.56 Å². The Labute approximate surface area is 99.7 Å². The molecule has 0 saturated heterocycles. The molecule has 0 aliphatic rings. The van der Waals surface area contributed by atoms with Gasteiger partial charge >= 0.3 is 0 Å². The molecule has 0 fully saturated rings. The average Bonchev–Trinajstić information content (AvgIpc) is 2.39. The van der Waals surface area contributed by atoms with Crippen LogP contribution in [0.15, 0.2) is 48.8 Å². The van der Waals surface area contributed by atoms with Crippen LogP contribution >= 0.6 is 0 Å². The zero-order valence-electron chi connectivity index (χ0n) is 9.50. The van der Waals surface area contributed by atoms with Crippen molar-refractivity contribution in [1.29, 1.82) is 0 Å². The maximum absolute atomic E-state index is 12.1. The number of hydrogen-bond acceptors (Lipinski definition) is 3. The topological polar surface area (TPSA) is 59.2 Å². The first-order valence-electron chi connectivity index (χ1n) is 5.22. The van der Waals surface area contributed by atoms with Gasteiger partial charge in [-0.25, -0.2) is 0 Å². The van der Waals surface area contributed by atoms with E-state index in [-0.39, 0.29) is 5.91 Å². The molecule has 4 nitrogen and oxygen atoms in total. The molecule has 0 radical (unpaired) electrons. The van der Waals surface area contributed by atoms with Crippen molar-refractivity contribution in [3.8, 4) is 0 Å². The molecule has 0 atom stereocenters. The van der Waals surface area contributed by atoms with Crippen LogP contribution in [-0.2, 0) is 0 Å². The summed E-state index contributed by atoms with van der Waals surface area (Å²) in [7, 11) is 1.72. The minimum atomic E-state index is -0.0946. The van der Waals surface area contributed by atoms with Crippen molar-refractivity contribution in [1.82, 2.24) is 4.98 Å². The predicted octanol–water partition coefficient (Wildman–Crippen LogP) is 1.94. The number of anilines is 2. The molecular weight excluding hydrogens is 214 g/mol. The summed E-state index contributed by atoms with van der Waals surface area (Å²) < 4.78 is 0. The van der Waals surface area contributed by atoms with Gasteiger partial charge in [0.15, 0.2) is 0 Å². The molecule has 1 aromatic heterocycles. The van der Waals surface area contributed by atoms with Crippen molar-refractivity contribution >= 4 is 17.3 Å². The van der Waals surface area contributed by atoms with Gasteiger partial charge in [0.2, 0.25) is 0 Å². The second-order valence-electron chi connectivity index (χ2n) is 3.70. The molecule has 17 heavy (non-hydrogen) atoms. The highest BCUT2D eigenvalue weighted by Gasteiger charge is 2.12. The molecule has 1 heterocycles. The normalized spacial score (nSPS) is 9.94. The lowest BCUT2D eigenvalue weighted by atomic mass is 10.2. The van der Waals surface area contributed by atoms with Crippen LogP contribution in [0.1, 0.15) is 10.4 Å². The minimum absolute atomic E-state index is 0.0946. The Balaban J connectivity index is 2.23. The van der Waals surface area contributed by atoms with E-state index in [1.165, 1.54) is 0 Å². The number of amides is 1. The Bertz CT molecular complexity index is 508. The summed E-state index contributed by atoms with van der Waals surface area (Å²) in [5.41, 5.74) is 7.64. The zero-order valence-corrected chi connectivity index (χ0v) is 9.50. The third-order valence-corrected chi connectivity index (χ3v) is 2.49. The maximum Gasteiger partial charge on any atom is 0.259 e. The van der Waals surface area contributed by atoms with E-state index in [2.05, 4.69) is 4.98 Å². The molecule has 2 N–H and O–H groups in total. The van der Waals surface area contributed by atoms with E-state index in [0.717, 1.165) is 5.69 Å². The Morgan fingerprint density at radius 1 is 1.24 bits per heavy atom. The summed E-state index contributed by atoms with van der Waals surface area (Å²) in [6.45, 7) is 0. The summed E-state index contributed by atoms with van der Waals surface area (Å²) in [4.78, 5) is 17.6. The monoisotopic (exact) mass is 227 g/mol. The van der Waals surface area contributed by atoms with E-state index in [0.29, 0.717) is 11.3 Å². The predicted molar refractivity (Wildman–Crippen MR) is 67.8 cm³/mol. The number of aromatic nitrogens is 1. The molecule has 1 amide bonds. The van der Waals surface area contributed by atoms with Crippen molar-refractivity contribution in [3.05, 3.63) is 54.4 Å². The van der Waals surface area contributed by atoms with Crippen LogP contribution in [0.25, 0.3) is 0 Å². The van der Waals surface area contributed by atoms with Crippen molar-refractivity contribution in [2.45, 2.75) is 0 Å². The highest BCUT2D eigenvalue weighted by atomic mass is 16.2. The number of pyridine rings is 1. The summed E-state index contributed by atoms with van der Waals surface area (Å²) in [6.07, 6.45) is 3.19. The van der Waals surface area contributed by atoms with E-state index >= 15 is 0 Å². The van der Waals surface area contributed by atoms with Gasteiger partial charge in [0.25, 0.3) is 5.91 Å². The lowest BCUT2D eigenvalue weighted by Crippen LogP contribution is -2.26. The smallest absolute Gasteiger partial charge is 0.259 e. The zero-order chi connectivity index (χ0) is 12.3. The van der Waals surface area contributed by atoms with Crippen LogP contribution in [0, 0.1) is 0 Å². The molecule has 0 spiro atoms. The Morgan fingerprint density at radius 2 is 1.94 bits per heavy atom. The second kappa shape index (κ2) is 4.65. The van der Waals surface area contributed by atoms with Gasteiger partial charge in [-0.05, 0) is 36.4 Å². The lowest BCUT2D eigenvalue weighted by molar-refractivity contribution is 0.0992. The van der Waals surface area contributed by atoms with Gasteiger partial charge in [0, 0.05) is 30.8 Å². The Kier molecular flexibility index (Phi) is 3.05. The number of nitrogen functional groups attached to an aromatic ring is 1. The molecule has 0 saturated carbocycles. The standard InChI is InChI=1S/C13H13N3O/c1-16(12-6-4-11(14)5-7-12)13(17)10-3-2-8-15-9-10/h2-9H,14H2,1H3. The molecule has 86 valence electrons. The van der Waals surface area contributed by atoms with Gasteiger partial charge in [-0.2, -0.15) is 0 Å². The Morgan fingerprint density at radius 3 is 2.53 bits per heavy atom. The number of carbonyl (C=O) groups is 1. The first-order chi connectivity index (χ1) is 8.18. The van der Waals surface area contributed by atoms with Crippen LogP contribution in [0.2, 0.25) is 0 Å². The van der Waals surface area contributed by atoms with Gasteiger partial charge in [-0.15, -0.1) is 0 Å². The van der Waals surface area contributed by atoms with Crippen LogP contribution in [0.3, 0.4) is 0 Å². The van der Waals surface area contributed by atoms with Crippen molar-refractivity contribution < 1.29 is 4.79 Å².